The highest BCUT2D eigenvalue weighted by Gasteiger charge is 2.45. The van der Waals surface area contributed by atoms with Crippen molar-refractivity contribution in [2.75, 3.05) is 0 Å². The Labute approximate surface area is 125 Å². The Morgan fingerprint density at radius 2 is 1.86 bits per heavy atom. The lowest BCUT2D eigenvalue weighted by molar-refractivity contribution is -0.144. The smallest absolute Gasteiger partial charge is 0.330 e. The molecule has 1 heterocycles. The molecule has 1 aromatic carbocycles. The summed E-state index contributed by atoms with van der Waals surface area (Å²) >= 11 is 0. The number of amides is 1. The molecule has 0 aliphatic heterocycles. The molecule has 0 saturated heterocycles. The maximum atomic E-state index is 12.2. The third-order valence-electron chi connectivity index (χ3n) is 3.79. The number of carbonyl (C=O) groups is 2. The SMILES string of the molecule is O=C(NC1(C(=O)O)Cc2ccccc2C1)c1ncc[nH]c1=O. The molecule has 0 atom stereocenters. The predicted octanol–water partition coefficient (Wildman–Crippen LogP) is 0.122. The van der Waals surface area contributed by atoms with Crippen LogP contribution in [0.4, 0.5) is 0 Å². The van der Waals surface area contributed by atoms with E-state index in [9.17, 15) is 19.5 Å². The summed E-state index contributed by atoms with van der Waals surface area (Å²) in [4.78, 5) is 41.6. The van der Waals surface area contributed by atoms with Crippen LogP contribution in [-0.2, 0) is 17.6 Å². The van der Waals surface area contributed by atoms with Crippen molar-refractivity contribution in [3.63, 3.8) is 0 Å². The molecule has 112 valence electrons. The van der Waals surface area contributed by atoms with Gasteiger partial charge in [0.1, 0.15) is 5.54 Å². The molecule has 1 amide bonds. The number of H-pyrrole nitrogens is 1. The van der Waals surface area contributed by atoms with Crippen LogP contribution in [0.25, 0.3) is 0 Å². The Balaban J connectivity index is 1.92. The second kappa shape index (κ2) is 5.10. The van der Waals surface area contributed by atoms with Gasteiger partial charge in [0.25, 0.3) is 11.5 Å². The van der Waals surface area contributed by atoms with Crippen LogP contribution < -0.4 is 10.9 Å². The molecule has 3 rings (SSSR count). The van der Waals surface area contributed by atoms with E-state index in [1.54, 1.807) is 0 Å². The molecule has 7 heteroatoms. The van der Waals surface area contributed by atoms with Gasteiger partial charge in [0.15, 0.2) is 5.69 Å². The van der Waals surface area contributed by atoms with E-state index in [2.05, 4.69) is 15.3 Å². The van der Waals surface area contributed by atoms with Gasteiger partial charge < -0.3 is 15.4 Å². The van der Waals surface area contributed by atoms with Gasteiger partial charge in [-0.2, -0.15) is 0 Å². The minimum Gasteiger partial charge on any atom is -0.479 e. The van der Waals surface area contributed by atoms with Gasteiger partial charge in [0, 0.05) is 25.2 Å². The third-order valence-corrected chi connectivity index (χ3v) is 3.79. The first kappa shape index (κ1) is 14.0. The van der Waals surface area contributed by atoms with Gasteiger partial charge in [-0.05, 0) is 11.1 Å². The quantitative estimate of drug-likeness (QED) is 0.745. The summed E-state index contributed by atoms with van der Waals surface area (Å²) in [5.74, 6) is -1.93. The zero-order valence-corrected chi connectivity index (χ0v) is 11.5. The maximum Gasteiger partial charge on any atom is 0.330 e. The topological polar surface area (TPSA) is 112 Å². The number of benzene rings is 1. The highest BCUT2D eigenvalue weighted by atomic mass is 16.4. The average Bonchev–Trinajstić information content (AvgIpc) is 2.87. The number of rotatable bonds is 3. The molecule has 3 N–H and O–H groups in total. The zero-order chi connectivity index (χ0) is 15.7. The molecule has 1 aliphatic rings. The van der Waals surface area contributed by atoms with Crippen molar-refractivity contribution in [1.82, 2.24) is 15.3 Å². The number of aromatic amines is 1. The second-order valence-electron chi connectivity index (χ2n) is 5.23. The van der Waals surface area contributed by atoms with Crippen molar-refractivity contribution in [2.24, 2.45) is 0 Å². The molecular formula is C15H13N3O4. The molecule has 22 heavy (non-hydrogen) atoms. The number of aromatic nitrogens is 2. The van der Waals surface area contributed by atoms with E-state index in [1.165, 1.54) is 12.4 Å². The van der Waals surface area contributed by atoms with Crippen LogP contribution in [0.2, 0.25) is 0 Å². The highest BCUT2D eigenvalue weighted by Crippen LogP contribution is 2.30. The first-order valence-corrected chi connectivity index (χ1v) is 6.68. The number of nitrogens with one attached hydrogen (secondary N) is 2. The molecule has 0 radical (unpaired) electrons. The lowest BCUT2D eigenvalue weighted by Gasteiger charge is -2.25. The lowest BCUT2D eigenvalue weighted by Crippen LogP contribution is -2.56. The first-order valence-electron chi connectivity index (χ1n) is 6.68. The summed E-state index contributed by atoms with van der Waals surface area (Å²) in [5.41, 5.74) is -0.708. The molecular weight excluding hydrogens is 286 g/mol. The number of hydrogen-bond acceptors (Lipinski definition) is 4. The second-order valence-corrected chi connectivity index (χ2v) is 5.23. The minimum absolute atomic E-state index is 0.176. The monoisotopic (exact) mass is 299 g/mol. The van der Waals surface area contributed by atoms with Crippen molar-refractivity contribution < 1.29 is 14.7 Å². The number of nitrogens with zero attached hydrogens (tertiary/aromatic N) is 1. The van der Waals surface area contributed by atoms with Crippen LogP contribution in [0, 0.1) is 0 Å². The van der Waals surface area contributed by atoms with Gasteiger partial charge in [-0.1, -0.05) is 24.3 Å². The number of carboxylic acid groups (broad SMARTS) is 1. The molecule has 0 saturated carbocycles. The van der Waals surface area contributed by atoms with Crippen molar-refractivity contribution in [3.8, 4) is 0 Å². The van der Waals surface area contributed by atoms with E-state index < -0.39 is 23.0 Å². The van der Waals surface area contributed by atoms with Gasteiger partial charge in [-0.25, -0.2) is 9.78 Å². The van der Waals surface area contributed by atoms with E-state index in [1.807, 2.05) is 24.3 Å². The fraction of sp³-hybridized carbons (Fsp3) is 0.200. The van der Waals surface area contributed by atoms with Gasteiger partial charge in [0.05, 0.1) is 0 Å². The Morgan fingerprint density at radius 1 is 1.23 bits per heavy atom. The number of carbonyl (C=O) groups excluding carboxylic acids is 1. The van der Waals surface area contributed by atoms with Gasteiger partial charge in [0.2, 0.25) is 0 Å². The van der Waals surface area contributed by atoms with Crippen molar-refractivity contribution in [1.29, 1.82) is 0 Å². The molecule has 0 fully saturated rings. The van der Waals surface area contributed by atoms with Crippen LogP contribution in [0.15, 0.2) is 41.5 Å². The Bertz CT molecular complexity index is 787. The summed E-state index contributed by atoms with van der Waals surface area (Å²) in [7, 11) is 0. The molecule has 7 nitrogen and oxygen atoms in total. The predicted molar refractivity (Wildman–Crippen MR) is 76.5 cm³/mol. The van der Waals surface area contributed by atoms with Crippen molar-refractivity contribution in [2.45, 2.75) is 18.4 Å². The van der Waals surface area contributed by atoms with Crippen LogP contribution in [0.3, 0.4) is 0 Å². The van der Waals surface area contributed by atoms with E-state index in [4.69, 9.17) is 0 Å². The average molecular weight is 299 g/mol. The summed E-state index contributed by atoms with van der Waals surface area (Å²) < 4.78 is 0. The highest BCUT2D eigenvalue weighted by molar-refractivity contribution is 5.96. The van der Waals surface area contributed by atoms with Crippen LogP contribution in [0.1, 0.15) is 21.6 Å². The van der Waals surface area contributed by atoms with Gasteiger partial charge >= 0.3 is 5.97 Å². The zero-order valence-electron chi connectivity index (χ0n) is 11.5. The summed E-state index contributed by atoms with van der Waals surface area (Å²) in [6, 6.07) is 7.31. The summed E-state index contributed by atoms with van der Waals surface area (Å²) in [5, 5.41) is 12.1. The number of fused-ring (bicyclic) bond motifs is 1. The molecule has 1 aliphatic carbocycles. The van der Waals surface area contributed by atoms with Crippen molar-refractivity contribution >= 4 is 11.9 Å². The van der Waals surface area contributed by atoms with E-state index >= 15 is 0 Å². The molecule has 0 bridgehead atoms. The van der Waals surface area contributed by atoms with Gasteiger partial charge in [-0.15, -0.1) is 0 Å². The largest absolute Gasteiger partial charge is 0.479 e. The number of carboxylic acids is 1. The Hall–Kier alpha value is -2.96. The fourth-order valence-electron chi connectivity index (χ4n) is 2.70. The molecule has 0 unspecified atom stereocenters. The number of aliphatic carboxylic acids is 1. The van der Waals surface area contributed by atoms with Crippen molar-refractivity contribution in [3.05, 3.63) is 63.8 Å². The fourth-order valence-corrected chi connectivity index (χ4v) is 2.70. The standard InChI is InChI=1S/C15H13N3O4/c19-12-11(16-5-6-17-12)13(20)18-15(14(21)22)7-9-3-1-2-4-10(9)8-15/h1-6H,7-8H2,(H,17,19)(H,18,20)(H,21,22). The number of hydrogen-bond donors (Lipinski definition) is 3. The lowest BCUT2D eigenvalue weighted by atomic mass is 9.95. The van der Waals surface area contributed by atoms with Gasteiger partial charge in [-0.3, -0.25) is 9.59 Å². The summed E-state index contributed by atoms with van der Waals surface area (Å²) in [6.07, 6.45) is 2.93. The third kappa shape index (κ3) is 2.26. The van der Waals surface area contributed by atoms with E-state index in [0.717, 1.165) is 11.1 Å². The molecule has 0 spiro atoms. The Morgan fingerprint density at radius 3 is 2.41 bits per heavy atom. The molecule has 1 aromatic heterocycles. The summed E-state index contributed by atoms with van der Waals surface area (Å²) in [6.45, 7) is 0. The molecule has 2 aromatic rings. The van der Waals surface area contributed by atoms with E-state index in [0.29, 0.717) is 0 Å². The normalized spacial score (nSPS) is 15.1. The minimum atomic E-state index is -1.45. The maximum absolute atomic E-state index is 12.2. The van der Waals surface area contributed by atoms with Crippen LogP contribution >= 0.6 is 0 Å². The first-order chi connectivity index (χ1) is 10.5. The van der Waals surface area contributed by atoms with Crippen LogP contribution in [-0.4, -0.2) is 32.5 Å². The van der Waals surface area contributed by atoms with Crippen LogP contribution in [0.5, 0.6) is 0 Å². The Kier molecular flexibility index (Phi) is 3.25. The van der Waals surface area contributed by atoms with E-state index in [-0.39, 0.29) is 18.5 Å².